The number of nitrogens with zero attached hydrogens (tertiary/aromatic N) is 1. The maximum atomic E-state index is 3.59. The Hall–Kier alpha value is -0.0800. The van der Waals surface area contributed by atoms with Gasteiger partial charge in [-0.05, 0) is 59.0 Å². The van der Waals surface area contributed by atoms with Gasteiger partial charge in [0.25, 0.3) is 0 Å². The van der Waals surface area contributed by atoms with Crippen LogP contribution < -0.4 is 5.32 Å². The molecule has 1 atom stereocenters. The zero-order valence-electron chi connectivity index (χ0n) is 12.6. The van der Waals surface area contributed by atoms with Crippen molar-refractivity contribution >= 4 is 0 Å². The van der Waals surface area contributed by atoms with E-state index >= 15 is 0 Å². The molecule has 1 unspecified atom stereocenters. The number of nitrogens with one attached hydrogen (secondary N) is 1. The van der Waals surface area contributed by atoms with E-state index < -0.39 is 0 Å². The van der Waals surface area contributed by atoms with Crippen molar-refractivity contribution in [2.24, 2.45) is 11.8 Å². The van der Waals surface area contributed by atoms with E-state index in [-0.39, 0.29) is 5.54 Å². The number of rotatable bonds is 6. The molecule has 0 amide bonds. The maximum absolute atomic E-state index is 3.59. The molecule has 1 aliphatic rings. The van der Waals surface area contributed by atoms with Gasteiger partial charge in [0, 0.05) is 18.6 Å². The Morgan fingerprint density at radius 3 is 2.35 bits per heavy atom. The first-order valence-corrected chi connectivity index (χ1v) is 7.30. The zero-order valence-corrected chi connectivity index (χ0v) is 12.6. The summed E-state index contributed by atoms with van der Waals surface area (Å²) in [5.74, 6) is 1.71. The molecule has 0 aromatic heterocycles. The molecule has 0 bridgehead atoms. The third kappa shape index (κ3) is 7.05. The lowest BCUT2D eigenvalue weighted by Gasteiger charge is -2.27. The molecule has 1 rings (SSSR count). The lowest BCUT2D eigenvalue weighted by molar-refractivity contribution is 0.235. The first kappa shape index (κ1) is 15.0. The third-order valence-corrected chi connectivity index (χ3v) is 3.65. The first-order valence-electron chi connectivity index (χ1n) is 7.30. The van der Waals surface area contributed by atoms with Crippen LogP contribution in [0.3, 0.4) is 0 Å². The van der Waals surface area contributed by atoms with Crippen LogP contribution in [0.15, 0.2) is 0 Å². The largest absolute Gasteiger partial charge is 0.312 e. The molecule has 0 aliphatic heterocycles. The highest BCUT2D eigenvalue weighted by atomic mass is 15.1. The minimum atomic E-state index is 0.248. The fourth-order valence-corrected chi connectivity index (χ4v) is 2.79. The van der Waals surface area contributed by atoms with Crippen LogP contribution in [0.1, 0.15) is 53.4 Å². The predicted molar refractivity (Wildman–Crippen MR) is 76.4 cm³/mol. The van der Waals surface area contributed by atoms with Gasteiger partial charge in [0.1, 0.15) is 0 Å². The lowest BCUT2D eigenvalue weighted by Crippen LogP contribution is -2.41. The highest BCUT2D eigenvalue weighted by molar-refractivity contribution is 4.74. The second-order valence-electron chi connectivity index (χ2n) is 7.11. The monoisotopic (exact) mass is 240 g/mol. The second-order valence-corrected chi connectivity index (χ2v) is 7.11. The van der Waals surface area contributed by atoms with Gasteiger partial charge in [0.15, 0.2) is 0 Å². The maximum Gasteiger partial charge on any atom is 0.00966 e. The van der Waals surface area contributed by atoms with E-state index in [0.29, 0.717) is 0 Å². The van der Waals surface area contributed by atoms with Crippen LogP contribution in [-0.2, 0) is 0 Å². The highest BCUT2D eigenvalue weighted by Crippen LogP contribution is 2.25. The summed E-state index contributed by atoms with van der Waals surface area (Å²) in [5.41, 5.74) is 0.248. The standard InChI is InChI=1S/C15H32N2/c1-13(10-16-15(2,3)4)11-17(5)12-14-8-6-7-9-14/h13-14,16H,6-12H2,1-5H3. The molecule has 17 heavy (non-hydrogen) atoms. The Morgan fingerprint density at radius 1 is 1.24 bits per heavy atom. The van der Waals surface area contributed by atoms with Crippen molar-refractivity contribution in [1.82, 2.24) is 10.2 Å². The molecule has 0 heterocycles. The number of hydrogen-bond acceptors (Lipinski definition) is 2. The first-order chi connectivity index (χ1) is 7.87. The second kappa shape index (κ2) is 6.75. The van der Waals surface area contributed by atoms with Gasteiger partial charge in [-0.3, -0.25) is 0 Å². The van der Waals surface area contributed by atoms with Crippen molar-refractivity contribution in [2.75, 3.05) is 26.7 Å². The van der Waals surface area contributed by atoms with Crippen molar-refractivity contribution in [3.63, 3.8) is 0 Å². The van der Waals surface area contributed by atoms with Crippen molar-refractivity contribution in [3.05, 3.63) is 0 Å². The summed E-state index contributed by atoms with van der Waals surface area (Å²) < 4.78 is 0. The van der Waals surface area contributed by atoms with Gasteiger partial charge >= 0.3 is 0 Å². The van der Waals surface area contributed by atoms with E-state index in [1.165, 1.54) is 38.8 Å². The minimum Gasteiger partial charge on any atom is -0.312 e. The third-order valence-electron chi connectivity index (χ3n) is 3.65. The fourth-order valence-electron chi connectivity index (χ4n) is 2.79. The van der Waals surface area contributed by atoms with Crippen LogP contribution in [0.4, 0.5) is 0 Å². The number of hydrogen-bond donors (Lipinski definition) is 1. The summed E-state index contributed by atoms with van der Waals surface area (Å²) in [6.45, 7) is 12.7. The van der Waals surface area contributed by atoms with E-state index in [4.69, 9.17) is 0 Å². The SMILES string of the molecule is CC(CNC(C)(C)C)CN(C)CC1CCCC1. The summed E-state index contributed by atoms with van der Waals surface area (Å²) in [7, 11) is 2.28. The lowest BCUT2D eigenvalue weighted by atomic mass is 10.0. The van der Waals surface area contributed by atoms with Gasteiger partial charge in [-0.2, -0.15) is 0 Å². The molecule has 0 aromatic carbocycles. The Kier molecular flexibility index (Phi) is 5.94. The van der Waals surface area contributed by atoms with Gasteiger partial charge in [-0.15, -0.1) is 0 Å². The van der Waals surface area contributed by atoms with Crippen LogP contribution >= 0.6 is 0 Å². The van der Waals surface area contributed by atoms with Gasteiger partial charge in [-0.25, -0.2) is 0 Å². The summed E-state index contributed by atoms with van der Waals surface area (Å²) in [4.78, 5) is 2.53. The molecule has 1 N–H and O–H groups in total. The molecule has 0 saturated heterocycles. The molecule has 0 aromatic rings. The molecule has 1 saturated carbocycles. The van der Waals surface area contributed by atoms with Crippen molar-refractivity contribution < 1.29 is 0 Å². The van der Waals surface area contributed by atoms with Gasteiger partial charge < -0.3 is 10.2 Å². The van der Waals surface area contributed by atoms with Crippen molar-refractivity contribution in [1.29, 1.82) is 0 Å². The van der Waals surface area contributed by atoms with Crippen molar-refractivity contribution in [2.45, 2.75) is 58.9 Å². The Labute approximate surface area is 108 Å². The molecule has 2 heteroatoms. The normalized spacial score (nSPS) is 20.1. The molecule has 1 fully saturated rings. The minimum absolute atomic E-state index is 0.248. The smallest absolute Gasteiger partial charge is 0.00966 e. The van der Waals surface area contributed by atoms with Crippen LogP contribution in [-0.4, -0.2) is 37.1 Å². The Balaban J connectivity index is 2.14. The van der Waals surface area contributed by atoms with Crippen LogP contribution in [0, 0.1) is 11.8 Å². The Bertz CT molecular complexity index is 201. The Morgan fingerprint density at radius 2 is 1.82 bits per heavy atom. The molecule has 102 valence electrons. The molecule has 2 nitrogen and oxygen atoms in total. The fraction of sp³-hybridized carbons (Fsp3) is 1.00. The predicted octanol–water partition coefficient (Wildman–Crippen LogP) is 3.13. The van der Waals surface area contributed by atoms with E-state index in [1.54, 1.807) is 0 Å². The van der Waals surface area contributed by atoms with E-state index in [9.17, 15) is 0 Å². The van der Waals surface area contributed by atoms with Gasteiger partial charge in [-0.1, -0.05) is 19.8 Å². The van der Waals surface area contributed by atoms with Crippen LogP contribution in [0.5, 0.6) is 0 Å². The topological polar surface area (TPSA) is 15.3 Å². The summed E-state index contributed by atoms with van der Waals surface area (Å²) in [5, 5.41) is 3.59. The van der Waals surface area contributed by atoms with Crippen LogP contribution in [0.2, 0.25) is 0 Å². The molecule has 0 spiro atoms. The van der Waals surface area contributed by atoms with Crippen LogP contribution in [0.25, 0.3) is 0 Å². The molecule has 1 aliphatic carbocycles. The highest BCUT2D eigenvalue weighted by Gasteiger charge is 2.18. The molecule has 0 radical (unpaired) electrons. The summed E-state index contributed by atoms with van der Waals surface area (Å²) in [6.07, 6.45) is 5.83. The van der Waals surface area contributed by atoms with Gasteiger partial charge in [0.2, 0.25) is 0 Å². The van der Waals surface area contributed by atoms with E-state index in [0.717, 1.165) is 18.4 Å². The average molecular weight is 240 g/mol. The molecular formula is C15H32N2. The van der Waals surface area contributed by atoms with Crippen molar-refractivity contribution in [3.8, 4) is 0 Å². The van der Waals surface area contributed by atoms with Gasteiger partial charge in [0.05, 0.1) is 0 Å². The summed E-state index contributed by atoms with van der Waals surface area (Å²) >= 11 is 0. The van der Waals surface area contributed by atoms with E-state index in [1.807, 2.05) is 0 Å². The zero-order chi connectivity index (χ0) is 12.9. The average Bonchev–Trinajstić information content (AvgIpc) is 2.66. The summed E-state index contributed by atoms with van der Waals surface area (Å²) in [6, 6.07) is 0. The quantitative estimate of drug-likeness (QED) is 0.767. The van der Waals surface area contributed by atoms with E-state index in [2.05, 4.69) is 45.0 Å². The molecular weight excluding hydrogens is 208 g/mol.